The highest BCUT2D eigenvalue weighted by atomic mass is 16.5. The van der Waals surface area contributed by atoms with Gasteiger partial charge in [-0.25, -0.2) is 0 Å². The van der Waals surface area contributed by atoms with Crippen LogP contribution in [0.3, 0.4) is 0 Å². The van der Waals surface area contributed by atoms with Crippen molar-refractivity contribution in [3.05, 3.63) is 24.3 Å². The van der Waals surface area contributed by atoms with Crippen LogP contribution >= 0.6 is 0 Å². The number of aliphatic hydroxyl groups is 1. The number of carbonyl (C=O) groups is 3. The van der Waals surface area contributed by atoms with Gasteiger partial charge in [-0.15, -0.1) is 0 Å². The summed E-state index contributed by atoms with van der Waals surface area (Å²) in [5.74, 6) is -0.373. The number of esters is 2. The van der Waals surface area contributed by atoms with Gasteiger partial charge < -0.3 is 25.5 Å². The van der Waals surface area contributed by atoms with Crippen molar-refractivity contribution in [1.29, 1.82) is 0 Å². The molecule has 0 aromatic rings. The second kappa shape index (κ2) is 38.7. The van der Waals surface area contributed by atoms with Crippen molar-refractivity contribution in [2.75, 3.05) is 21.3 Å². The fourth-order valence-corrected chi connectivity index (χ4v) is 1.05. The molecule has 0 atom stereocenters. The van der Waals surface area contributed by atoms with Crippen molar-refractivity contribution >= 4 is 23.9 Å². The average molecular weight is 398 g/mol. The lowest BCUT2D eigenvalue weighted by atomic mass is 10.3. The summed E-state index contributed by atoms with van der Waals surface area (Å²) in [5, 5.41) is 7.00. The normalized spacial score (nSPS) is 9.26. The summed E-state index contributed by atoms with van der Waals surface area (Å²) >= 11 is 0. The lowest BCUT2D eigenvalue weighted by molar-refractivity contribution is -0.191. The summed E-state index contributed by atoms with van der Waals surface area (Å²) in [6.45, 7) is 0. The summed E-state index contributed by atoms with van der Waals surface area (Å²) in [4.78, 5) is 47.5. The van der Waals surface area contributed by atoms with Crippen LogP contribution in [0.4, 0.5) is 0 Å². The van der Waals surface area contributed by atoms with Gasteiger partial charge in [-0.1, -0.05) is 33.1 Å². The van der Waals surface area contributed by atoms with Crippen LogP contribution in [0.2, 0.25) is 0 Å². The van der Waals surface area contributed by atoms with Crippen LogP contribution in [-0.2, 0) is 33.4 Å². The number of ketones is 1. The Morgan fingerprint density at radius 2 is 1.37 bits per heavy atom. The number of allylic oxidation sites excluding steroid dienone is 2. The van der Waals surface area contributed by atoms with Gasteiger partial charge in [-0.05, 0) is 12.5 Å². The molecule has 1 rings (SSSR count). The quantitative estimate of drug-likeness (QED) is 0.514. The van der Waals surface area contributed by atoms with Crippen molar-refractivity contribution in [2.24, 2.45) is 0 Å². The van der Waals surface area contributed by atoms with Crippen molar-refractivity contribution in [3.63, 3.8) is 0 Å². The van der Waals surface area contributed by atoms with Gasteiger partial charge in [-0.3, -0.25) is 14.4 Å². The minimum absolute atomic E-state index is 0. The van der Waals surface area contributed by atoms with Crippen LogP contribution in [0.1, 0.15) is 40.5 Å². The van der Waals surface area contributed by atoms with Crippen LogP contribution < -0.4 is 0 Å². The SMILES string of the molecule is C.C.CO.COC(=O)C/C=C/CC(=O)OC.O.O.O=C1C=CCC1.O=C=O. The van der Waals surface area contributed by atoms with Gasteiger partial charge in [0.15, 0.2) is 5.78 Å². The number of methoxy groups -OCH3 is 2. The molecule has 27 heavy (non-hydrogen) atoms. The zero-order valence-electron chi connectivity index (χ0n) is 14.4. The maximum absolute atomic E-state index is 10.5. The zero-order valence-corrected chi connectivity index (χ0v) is 14.4. The number of ether oxygens (including phenoxy) is 2. The molecule has 0 aromatic heterocycles. The van der Waals surface area contributed by atoms with E-state index in [9.17, 15) is 14.4 Å². The molecule has 0 radical (unpaired) electrons. The first-order valence-electron chi connectivity index (χ1n) is 6.43. The van der Waals surface area contributed by atoms with Gasteiger partial charge in [0, 0.05) is 13.5 Å². The van der Waals surface area contributed by atoms with E-state index in [1.807, 2.05) is 6.08 Å². The predicted octanol–water partition coefficient (Wildman–Crippen LogP) is 0.222. The van der Waals surface area contributed by atoms with Gasteiger partial charge in [0.05, 0.1) is 27.1 Å². The number of hydrogen-bond acceptors (Lipinski definition) is 8. The monoisotopic (exact) mass is 398 g/mol. The Bertz CT molecular complexity index is 401. The van der Waals surface area contributed by atoms with E-state index in [1.165, 1.54) is 14.2 Å². The van der Waals surface area contributed by atoms with Crippen LogP contribution in [0, 0.1) is 0 Å². The third-order valence-electron chi connectivity index (χ3n) is 2.05. The fourth-order valence-electron chi connectivity index (χ4n) is 1.05. The molecular formula is C17H34O10. The van der Waals surface area contributed by atoms with Gasteiger partial charge in [0.2, 0.25) is 0 Å². The minimum atomic E-state index is -0.323. The Kier molecular flexibility index (Phi) is 63.3. The lowest BCUT2D eigenvalue weighted by Crippen LogP contribution is -1.99. The van der Waals surface area contributed by atoms with Gasteiger partial charge >= 0.3 is 18.1 Å². The van der Waals surface area contributed by atoms with E-state index in [1.54, 1.807) is 18.2 Å². The van der Waals surface area contributed by atoms with E-state index in [-0.39, 0.29) is 62.5 Å². The van der Waals surface area contributed by atoms with Crippen molar-refractivity contribution in [1.82, 2.24) is 0 Å². The van der Waals surface area contributed by atoms with E-state index in [4.69, 9.17) is 14.7 Å². The average Bonchev–Trinajstić information content (AvgIpc) is 3.05. The van der Waals surface area contributed by atoms with Crippen molar-refractivity contribution in [2.45, 2.75) is 40.5 Å². The molecule has 0 amide bonds. The van der Waals surface area contributed by atoms with Crippen LogP contribution in [-0.4, -0.2) is 61.3 Å². The van der Waals surface area contributed by atoms with Crippen LogP contribution in [0.5, 0.6) is 0 Å². The smallest absolute Gasteiger partial charge is 0.373 e. The number of carbonyl (C=O) groups excluding carboxylic acids is 5. The van der Waals surface area contributed by atoms with E-state index in [0.29, 0.717) is 0 Å². The second-order valence-corrected chi connectivity index (χ2v) is 3.52. The van der Waals surface area contributed by atoms with E-state index >= 15 is 0 Å². The van der Waals surface area contributed by atoms with Crippen LogP contribution in [0.25, 0.3) is 0 Å². The maximum atomic E-state index is 10.5. The van der Waals surface area contributed by atoms with Gasteiger partial charge in [-0.2, -0.15) is 9.59 Å². The van der Waals surface area contributed by atoms with E-state index < -0.39 is 0 Å². The Labute approximate surface area is 160 Å². The summed E-state index contributed by atoms with van der Waals surface area (Å²) in [5.41, 5.74) is 0. The molecule has 0 unspecified atom stereocenters. The van der Waals surface area contributed by atoms with E-state index in [0.717, 1.165) is 20.0 Å². The molecule has 162 valence electrons. The molecule has 0 bridgehead atoms. The first-order chi connectivity index (χ1) is 11.0. The fraction of sp³-hybridized carbons (Fsp3) is 0.529. The van der Waals surface area contributed by atoms with Crippen molar-refractivity contribution < 1.29 is 49.5 Å². The summed E-state index contributed by atoms with van der Waals surface area (Å²) < 4.78 is 8.75. The highest BCUT2D eigenvalue weighted by molar-refractivity contribution is 5.91. The topological polar surface area (TPSA) is 187 Å². The molecule has 5 N–H and O–H groups in total. The van der Waals surface area contributed by atoms with E-state index in [2.05, 4.69) is 9.47 Å². The largest absolute Gasteiger partial charge is 0.469 e. The maximum Gasteiger partial charge on any atom is 0.373 e. The predicted molar refractivity (Wildman–Crippen MR) is 99.6 cm³/mol. The molecule has 10 nitrogen and oxygen atoms in total. The first kappa shape index (κ1) is 44.1. The molecule has 1 aliphatic rings. The highest BCUT2D eigenvalue weighted by Gasteiger charge is 1.98. The van der Waals surface area contributed by atoms with Crippen molar-refractivity contribution in [3.8, 4) is 0 Å². The molecule has 1 aliphatic carbocycles. The van der Waals surface area contributed by atoms with Gasteiger partial charge in [0.1, 0.15) is 0 Å². The molecule has 0 spiro atoms. The lowest BCUT2D eigenvalue weighted by Gasteiger charge is -1.93. The standard InChI is InChI=1S/C8H12O4.C5H6O.CO2.CH4O.2CH4.2H2O/c1-11-7(9)5-3-4-6-8(10)12-2;6-5-3-1-2-4-5;2-1-3;1-2;;;;/h3-4H,5-6H2,1-2H3;1,3H,2,4H2;;2H,1H3;2*1H4;2*1H2/b4-3+;;;;;;;. The number of rotatable bonds is 4. The third kappa shape index (κ3) is 45.2. The molecular weight excluding hydrogens is 364 g/mol. The molecule has 10 heteroatoms. The molecule has 0 fully saturated rings. The highest BCUT2D eigenvalue weighted by Crippen LogP contribution is 2.01. The third-order valence-corrected chi connectivity index (χ3v) is 2.05. The Hall–Kier alpha value is -2.65. The Morgan fingerprint density at radius 3 is 1.52 bits per heavy atom. The molecule has 0 aromatic carbocycles. The van der Waals surface area contributed by atoms with Gasteiger partial charge in [0.25, 0.3) is 0 Å². The second-order valence-electron chi connectivity index (χ2n) is 3.52. The summed E-state index contributed by atoms with van der Waals surface area (Å²) in [6, 6.07) is 0. The Morgan fingerprint density at radius 1 is 1.04 bits per heavy atom. The minimum Gasteiger partial charge on any atom is -0.469 e. The molecule has 0 saturated heterocycles. The number of aliphatic hydroxyl groups excluding tert-OH is 1. The molecule has 0 aliphatic heterocycles. The summed E-state index contributed by atoms with van der Waals surface area (Å²) in [6.07, 6.45) is 9.01. The number of hydrogen-bond donors (Lipinski definition) is 1. The first-order valence-corrected chi connectivity index (χ1v) is 6.43. The molecule has 0 heterocycles. The Balaban J connectivity index is -0.0000000457. The zero-order chi connectivity index (χ0) is 18.5. The van der Waals surface area contributed by atoms with Crippen LogP contribution in [0.15, 0.2) is 24.3 Å². The summed E-state index contributed by atoms with van der Waals surface area (Å²) in [7, 11) is 3.63. The molecule has 0 saturated carbocycles.